The van der Waals surface area contributed by atoms with Crippen molar-refractivity contribution >= 4 is 7.60 Å². The van der Waals surface area contributed by atoms with E-state index < -0.39 is 7.60 Å². The molecule has 0 bridgehead atoms. The summed E-state index contributed by atoms with van der Waals surface area (Å²) in [7, 11) is -3.17. The minimum absolute atomic E-state index is 0.356. The third kappa shape index (κ3) is 9.54. The van der Waals surface area contributed by atoms with Gasteiger partial charge in [-0.15, -0.1) is 0 Å². The van der Waals surface area contributed by atoms with Crippen LogP contribution in [0, 0.1) is 24.4 Å². The van der Waals surface area contributed by atoms with Crippen LogP contribution in [0.3, 0.4) is 0 Å². The minimum Gasteiger partial charge on any atom is -0.371 e. The normalized spacial score (nSPS) is 16.5. The molecule has 4 heteroatoms. The molecule has 3 unspecified atom stereocenters. The third-order valence-electron chi connectivity index (χ3n) is 4.27. The summed E-state index contributed by atoms with van der Waals surface area (Å²) in [5.41, 5.74) is 0. The highest BCUT2D eigenvalue weighted by Gasteiger charge is 2.30. The smallest absolute Gasteiger partial charge is 0.371 e. The van der Waals surface area contributed by atoms with E-state index in [0.717, 1.165) is 38.5 Å². The van der Waals surface area contributed by atoms with E-state index in [0.29, 0.717) is 24.6 Å². The van der Waals surface area contributed by atoms with Crippen LogP contribution in [-0.4, -0.2) is 12.8 Å². The molecule has 22 heavy (non-hydrogen) atoms. The molecule has 0 aliphatic carbocycles. The molecule has 0 spiro atoms. The Bertz CT molecular complexity index is 349. The van der Waals surface area contributed by atoms with Gasteiger partial charge in [0.2, 0.25) is 0 Å². The molecular formula is C18H35O3P. The van der Waals surface area contributed by atoms with Gasteiger partial charge in [0.15, 0.2) is 0 Å². The van der Waals surface area contributed by atoms with Crippen LogP contribution in [0.15, 0.2) is 0 Å². The number of hydrogen-bond acceptors (Lipinski definition) is 3. The fourth-order valence-corrected chi connectivity index (χ4v) is 4.45. The molecule has 0 heterocycles. The summed E-state index contributed by atoms with van der Waals surface area (Å²) >= 11 is 0. The largest absolute Gasteiger partial charge is 0.387 e. The van der Waals surface area contributed by atoms with Gasteiger partial charge >= 0.3 is 7.60 Å². The summed E-state index contributed by atoms with van der Waals surface area (Å²) in [6.45, 7) is 9.10. The van der Waals surface area contributed by atoms with Gasteiger partial charge in [-0.3, -0.25) is 4.52 Å². The molecule has 0 saturated heterocycles. The van der Waals surface area contributed by atoms with Gasteiger partial charge in [0.25, 0.3) is 0 Å². The average Bonchev–Trinajstić information content (AvgIpc) is 2.52. The van der Waals surface area contributed by atoms with Crippen LogP contribution in [0.4, 0.5) is 0 Å². The molecule has 0 amide bonds. The standard InChI is InChI=1S/C18H35O3P/c1-6-11-13-17(8-3)15-21-22(19,20-10-5)16-18(9-4)14-12-7-2/h5,17-18H,6-9,11-16H2,1-4H3. The molecule has 130 valence electrons. The SMILES string of the molecule is C#COP(=O)(CC(CC)CCCC)OCC(CC)CCCC. The van der Waals surface area contributed by atoms with E-state index in [1.165, 1.54) is 12.8 Å². The Morgan fingerprint density at radius 3 is 2.00 bits per heavy atom. The van der Waals surface area contributed by atoms with Crippen LogP contribution in [-0.2, 0) is 13.6 Å². The summed E-state index contributed by atoms with van der Waals surface area (Å²) in [6, 6.07) is 0. The van der Waals surface area contributed by atoms with Crippen molar-refractivity contribution in [3.05, 3.63) is 0 Å². The van der Waals surface area contributed by atoms with Gasteiger partial charge in [0.05, 0.1) is 12.8 Å². The molecule has 0 aromatic rings. The van der Waals surface area contributed by atoms with Crippen LogP contribution < -0.4 is 0 Å². The van der Waals surface area contributed by atoms with Crippen LogP contribution in [0.25, 0.3) is 0 Å². The lowest BCUT2D eigenvalue weighted by atomic mass is 10.0. The molecule has 3 nitrogen and oxygen atoms in total. The Hall–Kier alpha value is -0.450. The summed E-state index contributed by atoms with van der Waals surface area (Å²) in [6.07, 6.45) is 16.6. The molecule has 0 aliphatic rings. The highest BCUT2D eigenvalue weighted by molar-refractivity contribution is 7.54. The second kappa shape index (κ2) is 13.0. The van der Waals surface area contributed by atoms with E-state index in [9.17, 15) is 4.57 Å². The molecule has 0 aromatic carbocycles. The van der Waals surface area contributed by atoms with Crippen molar-refractivity contribution in [2.24, 2.45) is 11.8 Å². The molecule has 3 atom stereocenters. The number of terminal acetylenes is 1. The summed E-state index contributed by atoms with van der Waals surface area (Å²) in [5.74, 6) is 0.792. The number of hydrogen-bond donors (Lipinski definition) is 0. The van der Waals surface area contributed by atoms with Crippen molar-refractivity contribution in [1.82, 2.24) is 0 Å². The fraction of sp³-hybridized carbons (Fsp3) is 0.889. The summed E-state index contributed by atoms with van der Waals surface area (Å²) in [4.78, 5) is 0. The van der Waals surface area contributed by atoms with Crippen molar-refractivity contribution in [2.75, 3.05) is 12.8 Å². The van der Waals surface area contributed by atoms with Gasteiger partial charge < -0.3 is 4.52 Å². The van der Waals surface area contributed by atoms with Crippen LogP contribution >= 0.6 is 7.60 Å². The van der Waals surface area contributed by atoms with E-state index in [2.05, 4.69) is 33.8 Å². The predicted molar refractivity (Wildman–Crippen MR) is 95.0 cm³/mol. The topological polar surface area (TPSA) is 35.5 Å². The van der Waals surface area contributed by atoms with Crippen molar-refractivity contribution in [2.45, 2.75) is 79.1 Å². The van der Waals surface area contributed by atoms with Crippen molar-refractivity contribution in [1.29, 1.82) is 0 Å². The lowest BCUT2D eigenvalue weighted by Gasteiger charge is -2.23. The van der Waals surface area contributed by atoms with Gasteiger partial charge in [0, 0.05) is 0 Å². The maximum absolute atomic E-state index is 12.9. The van der Waals surface area contributed by atoms with Crippen LogP contribution in [0.1, 0.15) is 79.1 Å². The Kier molecular flexibility index (Phi) is 12.8. The number of unbranched alkanes of at least 4 members (excludes halogenated alkanes) is 2. The first kappa shape index (κ1) is 21.6. The lowest BCUT2D eigenvalue weighted by Crippen LogP contribution is -2.13. The van der Waals surface area contributed by atoms with Crippen LogP contribution in [0.2, 0.25) is 0 Å². The fourth-order valence-electron chi connectivity index (χ4n) is 2.55. The quantitative estimate of drug-likeness (QED) is 0.279. The molecule has 0 radical (unpaired) electrons. The van der Waals surface area contributed by atoms with E-state index in [-0.39, 0.29) is 0 Å². The predicted octanol–water partition coefficient (Wildman–Crippen LogP) is 6.24. The highest BCUT2D eigenvalue weighted by Crippen LogP contribution is 2.51. The first-order chi connectivity index (χ1) is 10.5. The zero-order valence-corrected chi connectivity index (χ0v) is 15.9. The first-order valence-corrected chi connectivity index (χ1v) is 10.7. The van der Waals surface area contributed by atoms with Gasteiger partial charge in [-0.25, -0.2) is 4.57 Å². The van der Waals surface area contributed by atoms with Gasteiger partial charge in [-0.1, -0.05) is 72.6 Å². The second-order valence-corrected chi connectivity index (χ2v) is 8.16. The summed E-state index contributed by atoms with van der Waals surface area (Å²) in [5, 5.41) is 0. The molecule has 0 aromatic heterocycles. The van der Waals surface area contributed by atoms with Gasteiger partial charge in [0.1, 0.15) is 6.11 Å². The Morgan fingerprint density at radius 2 is 1.55 bits per heavy atom. The lowest BCUT2D eigenvalue weighted by molar-refractivity contribution is 0.198. The van der Waals surface area contributed by atoms with Crippen molar-refractivity contribution in [3.8, 4) is 12.5 Å². The number of rotatable bonds is 14. The Labute approximate surface area is 138 Å². The molecule has 0 aliphatic heterocycles. The van der Waals surface area contributed by atoms with Gasteiger partial charge in [-0.2, -0.15) is 0 Å². The van der Waals surface area contributed by atoms with E-state index in [1.807, 2.05) is 0 Å². The molecule has 0 rings (SSSR count). The molecule has 0 N–H and O–H groups in total. The zero-order chi connectivity index (χ0) is 16.8. The summed E-state index contributed by atoms with van der Waals surface area (Å²) < 4.78 is 23.7. The second-order valence-electron chi connectivity index (χ2n) is 6.13. The first-order valence-electron chi connectivity index (χ1n) is 8.92. The maximum atomic E-state index is 12.9. The van der Waals surface area contributed by atoms with Crippen LogP contribution in [0.5, 0.6) is 0 Å². The van der Waals surface area contributed by atoms with Crippen molar-refractivity contribution < 1.29 is 13.6 Å². The maximum Gasteiger partial charge on any atom is 0.387 e. The molecular weight excluding hydrogens is 295 g/mol. The van der Waals surface area contributed by atoms with Gasteiger partial charge in [-0.05, 0) is 24.7 Å². The third-order valence-corrected chi connectivity index (χ3v) is 6.16. The monoisotopic (exact) mass is 330 g/mol. The van der Waals surface area contributed by atoms with E-state index in [4.69, 9.17) is 15.5 Å². The van der Waals surface area contributed by atoms with E-state index in [1.54, 1.807) is 0 Å². The highest BCUT2D eigenvalue weighted by atomic mass is 31.2. The minimum atomic E-state index is -3.17. The zero-order valence-electron chi connectivity index (χ0n) is 15.0. The molecule has 0 saturated carbocycles. The Morgan fingerprint density at radius 1 is 1.00 bits per heavy atom. The van der Waals surface area contributed by atoms with E-state index >= 15 is 0 Å². The molecule has 0 fully saturated rings. The van der Waals surface area contributed by atoms with Crippen molar-refractivity contribution in [3.63, 3.8) is 0 Å². The average molecular weight is 330 g/mol. The Balaban J connectivity index is 4.58.